The minimum atomic E-state index is -4.07. The summed E-state index contributed by atoms with van der Waals surface area (Å²) in [7, 11) is 0. The number of hydrogen-bond acceptors (Lipinski definition) is 2. The van der Waals surface area contributed by atoms with Crippen LogP contribution in [0.5, 0.6) is 0 Å². The Balaban J connectivity index is 1.90. The fourth-order valence-electron chi connectivity index (χ4n) is 3.19. The highest BCUT2D eigenvalue weighted by molar-refractivity contribution is 4.83. The van der Waals surface area contributed by atoms with Crippen LogP contribution in [0.2, 0.25) is 0 Å². The van der Waals surface area contributed by atoms with E-state index in [1.807, 2.05) is 4.90 Å². The van der Waals surface area contributed by atoms with Gasteiger partial charge in [0.1, 0.15) is 0 Å². The van der Waals surface area contributed by atoms with E-state index in [1.165, 1.54) is 19.3 Å². The van der Waals surface area contributed by atoms with E-state index < -0.39 is 12.1 Å². The zero-order valence-electron chi connectivity index (χ0n) is 11.0. The lowest BCUT2D eigenvalue weighted by Crippen LogP contribution is -2.40. The maximum atomic E-state index is 12.8. The van der Waals surface area contributed by atoms with Crippen molar-refractivity contribution in [3.8, 4) is 0 Å². The second kappa shape index (κ2) is 5.78. The van der Waals surface area contributed by atoms with Gasteiger partial charge in [0.05, 0.1) is 5.92 Å². The van der Waals surface area contributed by atoms with Crippen LogP contribution in [0.15, 0.2) is 0 Å². The summed E-state index contributed by atoms with van der Waals surface area (Å²) >= 11 is 0. The minimum Gasteiger partial charge on any atom is -0.315 e. The predicted molar refractivity (Wildman–Crippen MR) is 65.4 cm³/mol. The molecule has 0 aromatic carbocycles. The molecule has 18 heavy (non-hydrogen) atoms. The van der Waals surface area contributed by atoms with E-state index in [1.54, 1.807) is 0 Å². The zero-order chi connectivity index (χ0) is 13.2. The third kappa shape index (κ3) is 3.60. The van der Waals surface area contributed by atoms with Gasteiger partial charge in [-0.2, -0.15) is 13.2 Å². The highest BCUT2D eigenvalue weighted by Gasteiger charge is 2.41. The Morgan fingerprint density at radius 1 is 1.28 bits per heavy atom. The molecule has 5 heteroatoms. The van der Waals surface area contributed by atoms with Gasteiger partial charge in [-0.1, -0.05) is 19.8 Å². The first kappa shape index (κ1) is 14.1. The lowest BCUT2D eigenvalue weighted by atomic mass is 9.97. The average molecular weight is 264 g/mol. The minimum absolute atomic E-state index is 0.0697. The Labute approximate surface area is 107 Å². The smallest absolute Gasteiger partial charge is 0.315 e. The van der Waals surface area contributed by atoms with Gasteiger partial charge in [-0.25, -0.2) is 0 Å². The van der Waals surface area contributed by atoms with Gasteiger partial charge in [-0.3, -0.25) is 0 Å². The van der Waals surface area contributed by atoms with Crippen LogP contribution in [0.1, 0.15) is 26.2 Å². The van der Waals surface area contributed by atoms with Crippen molar-refractivity contribution < 1.29 is 13.2 Å². The molecule has 3 atom stereocenters. The summed E-state index contributed by atoms with van der Waals surface area (Å²) in [5, 5.41) is 2.91. The summed E-state index contributed by atoms with van der Waals surface area (Å²) in [6.45, 7) is 4.73. The van der Waals surface area contributed by atoms with E-state index in [-0.39, 0.29) is 13.1 Å². The molecular weight excluding hydrogens is 241 g/mol. The molecule has 1 aliphatic heterocycles. The largest absolute Gasteiger partial charge is 0.394 e. The van der Waals surface area contributed by atoms with Crippen molar-refractivity contribution in [1.29, 1.82) is 0 Å². The summed E-state index contributed by atoms with van der Waals surface area (Å²) < 4.78 is 38.5. The van der Waals surface area contributed by atoms with Gasteiger partial charge < -0.3 is 10.2 Å². The van der Waals surface area contributed by atoms with Gasteiger partial charge in [0, 0.05) is 32.7 Å². The van der Waals surface area contributed by atoms with Crippen LogP contribution in [0.25, 0.3) is 0 Å². The number of nitrogens with one attached hydrogen (secondary N) is 1. The van der Waals surface area contributed by atoms with E-state index in [0.29, 0.717) is 18.4 Å². The van der Waals surface area contributed by atoms with Crippen LogP contribution in [0, 0.1) is 17.8 Å². The van der Waals surface area contributed by atoms with Crippen molar-refractivity contribution in [3.05, 3.63) is 0 Å². The molecule has 0 amide bonds. The van der Waals surface area contributed by atoms with Gasteiger partial charge >= 0.3 is 6.18 Å². The molecule has 2 fully saturated rings. The Morgan fingerprint density at radius 2 is 2.06 bits per heavy atom. The van der Waals surface area contributed by atoms with Crippen molar-refractivity contribution in [2.45, 2.75) is 32.4 Å². The average Bonchev–Trinajstić information content (AvgIpc) is 2.54. The Morgan fingerprint density at radius 3 is 2.67 bits per heavy atom. The highest BCUT2D eigenvalue weighted by atomic mass is 19.4. The Hall–Kier alpha value is -0.290. The van der Waals surface area contributed by atoms with E-state index >= 15 is 0 Å². The number of alkyl halides is 3. The highest BCUT2D eigenvalue weighted by Crippen LogP contribution is 2.33. The van der Waals surface area contributed by atoms with Gasteiger partial charge in [-0.15, -0.1) is 0 Å². The molecule has 2 nitrogen and oxygen atoms in total. The molecule has 2 rings (SSSR count). The number of hydrogen-bond donors (Lipinski definition) is 1. The number of rotatable bonds is 2. The molecule has 0 spiro atoms. The van der Waals surface area contributed by atoms with Crippen molar-refractivity contribution in [1.82, 2.24) is 10.2 Å². The van der Waals surface area contributed by atoms with Crippen molar-refractivity contribution >= 4 is 0 Å². The topological polar surface area (TPSA) is 15.3 Å². The van der Waals surface area contributed by atoms with E-state index in [2.05, 4.69) is 12.2 Å². The van der Waals surface area contributed by atoms with Gasteiger partial charge in [0.15, 0.2) is 0 Å². The fraction of sp³-hybridized carbons (Fsp3) is 1.00. The van der Waals surface area contributed by atoms with Gasteiger partial charge in [0.2, 0.25) is 0 Å². The van der Waals surface area contributed by atoms with Crippen molar-refractivity contribution in [3.63, 3.8) is 0 Å². The molecule has 0 aromatic heterocycles. The van der Waals surface area contributed by atoms with E-state index in [4.69, 9.17) is 0 Å². The fourth-order valence-corrected chi connectivity index (χ4v) is 3.19. The van der Waals surface area contributed by atoms with E-state index in [0.717, 1.165) is 13.1 Å². The number of halogens is 3. The number of nitrogens with zero attached hydrogens (tertiary/aromatic N) is 1. The van der Waals surface area contributed by atoms with Gasteiger partial charge in [-0.05, 0) is 18.3 Å². The first-order valence-electron chi connectivity index (χ1n) is 6.96. The normalized spacial score (nSPS) is 35.7. The summed E-state index contributed by atoms with van der Waals surface area (Å²) in [4.78, 5) is 2.02. The summed E-state index contributed by atoms with van der Waals surface area (Å²) in [6, 6.07) is 0. The maximum Gasteiger partial charge on any atom is 0.394 e. The Bertz CT molecular complexity index is 267. The molecular formula is C13H23F3N2. The summed E-state index contributed by atoms with van der Waals surface area (Å²) in [6.07, 6.45) is -0.418. The molecule has 1 saturated carbocycles. The van der Waals surface area contributed by atoms with Crippen molar-refractivity contribution in [2.75, 3.05) is 32.7 Å². The van der Waals surface area contributed by atoms with Crippen LogP contribution < -0.4 is 5.32 Å². The molecule has 0 bridgehead atoms. The molecule has 1 saturated heterocycles. The SMILES string of the molecule is CC1CCCC1CN1CCNCC(C(F)(F)F)C1. The second-order valence-corrected chi connectivity index (χ2v) is 5.87. The van der Waals surface area contributed by atoms with Gasteiger partial charge in [0.25, 0.3) is 0 Å². The third-order valence-corrected chi connectivity index (χ3v) is 4.47. The van der Waals surface area contributed by atoms with Crippen LogP contribution in [-0.4, -0.2) is 43.8 Å². The quantitative estimate of drug-likeness (QED) is 0.824. The van der Waals surface area contributed by atoms with Crippen LogP contribution in [-0.2, 0) is 0 Å². The monoisotopic (exact) mass is 264 g/mol. The molecule has 106 valence electrons. The standard InChI is InChI=1S/C13H23F3N2/c1-10-3-2-4-11(10)8-18-6-5-17-7-12(9-18)13(14,15)16/h10-12,17H,2-9H2,1H3. The van der Waals surface area contributed by atoms with Crippen LogP contribution in [0.3, 0.4) is 0 Å². The molecule has 1 aliphatic carbocycles. The molecule has 0 aromatic rings. The zero-order valence-corrected chi connectivity index (χ0v) is 11.0. The Kier molecular flexibility index (Phi) is 4.54. The van der Waals surface area contributed by atoms with Crippen LogP contribution in [0.4, 0.5) is 13.2 Å². The van der Waals surface area contributed by atoms with Crippen LogP contribution >= 0.6 is 0 Å². The lowest BCUT2D eigenvalue weighted by molar-refractivity contribution is -0.176. The predicted octanol–water partition coefficient (Wildman–Crippen LogP) is 2.51. The molecule has 3 unspecified atom stereocenters. The third-order valence-electron chi connectivity index (χ3n) is 4.47. The summed E-state index contributed by atoms with van der Waals surface area (Å²) in [5.41, 5.74) is 0. The summed E-state index contributed by atoms with van der Waals surface area (Å²) in [5.74, 6) is 0.0549. The molecule has 1 N–H and O–H groups in total. The molecule has 1 heterocycles. The lowest BCUT2D eigenvalue weighted by Gasteiger charge is -2.29. The molecule has 2 aliphatic rings. The first-order chi connectivity index (χ1) is 8.47. The first-order valence-corrected chi connectivity index (χ1v) is 6.96. The maximum absolute atomic E-state index is 12.8. The van der Waals surface area contributed by atoms with E-state index in [9.17, 15) is 13.2 Å². The second-order valence-electron chi connectivity index (χ2n) is 5.87. The molecule has 0 radical (unpaired) electrons. The van der Waals surface area contributed by atoms with Crippen molar-refractivity contribution in [2.24, 2.45) is 17.8 Å².